The molecular weight excluding hydrogens is 288 g/mol. The largest absolute Gasteiger partial charge is 0.396 e. The van der Waals surface area contributed by atoms with Gasteiger partial charge in [0.05, 0.1) is 16.1 Å². The van der Waals surface area contributed by atoms with Crippen molar-refractivity contribution >= 4 is 28.5 Å². The van der Waals surface area contributed by atoms with Gasteiger partial charge in [0.2, 0.25) is 0 Å². The third-order valence-electron chi connectivity index (χ3n) is 4.04. The van der Waals surface area contributed by atoms with Crippen LogP contribution in [0.25, 0.3) is 11.0 Å². The molecule has 5 nitrogen and oxygen atoms in total. The maximum atomic E-state index is 9.20. The highest BCUT2D eigenvalue weighted by molar-refractivity contribution is 6.36. The van der Waals surface area contributed by atoms with Crippen LogP contribution in [0.5, 0.6) is 0 Å². The first-order valence-electron chi connectivity index (χ1n) is 7.06. The average Bonchev–Trinajstić information content (AvgIpc) is 3.01. The highest BCUT2D eigenvalue weighted by Crippen LogP contribution is 2.33. The number of fused-ring (bicyclic) bond motifs is 1. The van der Waals surface area contributed by atoms with Gasteiger partial charge < -0.3 is 10.4 Å². The van der Waals surface area contributed by atoms with Crippen molar-refractivity contribution < 1.29 is 5.11 Å². The van der Waals surface area contributed by atoms with Gasteiger partial charge in [0.1, 0.15) is 5.82 Å². The van der Waals surface area contributed by atoms with Gasteiger partial charge in [0.15, 0.2) is 5.65 Å². The maximum absolute atomic E-state index is 9.20. The van der Waals surface area contributed by atoms with Gasteiger partial charge >= 0.3 is 0 Å². The van der Waals surface area contributed by atoms with Gasteiger partial charge in [-0.1, -0.05) is 23.8 Å². The molecule has 112 valence electrons. The lowest BCUT2D eigenvalue weighted by molar-refractivity contribution is 0.250. The maximum Gasteiger partial charge on any atom is 0.161 e. The highest BCUT2D eigenvalue weighted by atomic mass is 35.5. The smallest absolute Gasteiger partial charge is 0.161 e. The van der Waals surface area contributed by atoms with Crippen LogP contribution in [0.4, 0.5) is 5.82 Å². The lowest BCUT2D eigenvalue weighted by atomic mass is 10.1. The lowest BCUT2D eigenvalue weighted by Crippen LogP contribution is -2.18. The van der Waals surface area contributed by atoms with Crippen molar-refractivity contribution in [1.82, 2.24) is 14.8 Å². The van der Waals surface area contributed by atoms with Crippen LogP contribution in [-0.4, -0.2) is 32.5 Å². The van der Waals surface area contributed by atoms with Crippen molar-refractivity contribution in [3.63, 3.8) is 0 Å². The summed E-state index contributed by atoms with van der Waals surface area (Å²) in [6.07, 6.45) is 4.99. The number of pyridine rings is 1. The van der Waals surface area contributed by atoms with E-state index in [0.717, 1.165) is 34.5 Å². The first-order valence-corrected chi connectivity index (χ1v) is 7.44. The van der Waals surface area contributed by atoms with E-state index < -0.39 is 0 Å². The predicted octanol–water partition coefficient (Wildman–Crippen LogP) is 2.59. The number of hydrogen-bond acceptors (Lipinski definition) is 4. The number of halogens is 1. The molecule has 0 spiro atoms. The highest BCUT2D eigenvalue weighted by Gasteiger charge is 2.21. The number of aryl methyl sites for hydroxylation is 2. The zero-order valence-electron chi connectivity index (χ0n) is 12.4. The van der Waals surface area contributed by atoms with Gasteiger partial charge in [-0.25, -0.2) is 4.98 Å². The fraction of sp³-hybridized carbons (Fsp3) is 0.467. The van der Waals surface area contributed by atoms with Crippen molar-refractivity contribution in [1.29, 1.82) is 0 Å². The summed E-state index contributed by atoms with van der Waals surface area (Å²) in [7, 11) is 1.87. The van der Waals surface area contributed by atoms with E-state index in [1.165, 1.54) is 0 Å². The summed E-state index contributed by atoms with van der Waals surface area (Å²) in [5.41, 5.74) is 2.60. The van der Waals surface area contributed by atoms with E-state index in [0.29, 0.717) is 5.02 Å². The summed E-state index contributed by atoms with van der Waals surface area (Å²) in [5.74, 6) is 1.00. The van der Waals surface area contributed by atoms with Crippen LogP contribution >= 0.6 is 11.6 Å². The van der Waals surface area contributed by atoms with Crippen LogP contribution in [0.3, 0.4) is 0 Å². The minimum atomic E-state index is 0.177. The van der Waals surface area contributed by atoms with E-state index in [4.69, 9.17) is 11.6 Å². The Labute approximate surface area is 128 Å². The summed E-state index contributed by atoms with van der Waals surface area (Å²) in [6, 6.07) is 0.177. The number of nitrogens with zero attached hydrogens (tertiary/aromatic N) is 3. The summed E-state index contributed by atoms with van der Waals surface area (Å²) in [6.45, 7) is 4.08. The van der Waals surface area contributed by atoms with Crippen LogP contribution in [-0.2, 0) is 7.05 Å². The van der Waals surface area contributed by atoms with Crippen molar-refractivity contribution in [2.24, 2.45) is 13.0 Å². The lowest BCUT2D eigenvalue weighted by Gasteiger charge is -2.16. The summed E-state index contributed by atoms with van der Waals surface area (Å²) >= 11 is 6.50. The number of nitrogens with one attached hydrogen (secondary N) is 1. The molecule has 6 heteroatoms. The molecule has 0 saturated carbocycles. The molecule has 0 bridgehead atoms. The third kappa shape index (κ3) is 2.40. The zero-order valence-corrected chi connectivity index (χ0v) is 13.1. The molecule has 2 atom stereocenters. The average molecular weight is 307 g/mol. The first-order chi connectivity index (χ1) is 10.0. The van der Waals surface area contributed by atoms with Crippen molar-refractivity contribution in [2.45, 2.75) is 26.3 Å². The van der Waals surface area contributed by atoms with Crippen LogP contribution in [0, 0.1) is 19.8 Å². The standard InChI is InChI=1S/C15H19ClN4O/c1-8-13(16)12-9(2)19-20(3)15(12)18-14(8)17-11-5-4-10(6-11)7-21/h4-5,10-11,21H,6-7H2,1-3H3,(H,17,18)/t10-,11+/m0/s1. The Bertz CT molecular complexity index is 722. The first kappa shape index (κ1) is 14.4. The van der Waals surface area contributed by atoms with E-state index >= 15 is 0 Å². The number of hydrogen-bond donors (Lipinski definition) is 2. The molecule has 0 aliphatic heterocycles. The number of aliphatic hydroxyl groups excluding tert-OH is 1. The fourth-order valence-electron chi connectivity index (χ4n) is 2.85. The van der Waals surface area contributed by atoms with Crippen molar-refractivity contribution in [3.05, 3.63) is 28.4 Å². The van der Waals surface area contributed by atoms with Crippen LogP contribution in [0.2, 0.25) is 5.02 Å². The molecule has 0 saturated heterocycles. The molecule has 2 aromatic heterocycles. The number of rotatable bonds is 3. The molecule has 0 aromatic carbocycles. The number of aromatic nitrogens is 3. The Morgan fingerprint density at radius 2 is 2.19 bits per heavy atom. The van der Waals surface area contributed by atoms with Gasteiger partial charge in [-0.05, 0) is 20.3 Å². The van der Waals surface area contributed by atoms with Gasteiger partial charge in [0.25, 0.3) is 0 Å². The van der Waals surface area contributed by atoms with Crippen molar-refractivity contribution in [3.8, 4) is 0 Å². The Balaban J connectivity index is 1.98. The van der Waals surface area contributed by atoms with Crippen molar-refractivity contribution in [2.75, 3.05) is 11.9 Å². The topological polar surface area (TPSA) is 63.0 Å². The van der Waals surface area contributed by atoms with Crippen LogP contribution in [0.1, 0.15) is 17.7 Å². The molecule has 0 amide bonds. The Morgan fingerprint density at radius 1 is 1.43 bits per heavy atom. The minimum absolute atomic E-state index is 0.177. The third-order valence-corrected chi connectivity index (χ3v) is 4.51. The van der Waals surface area contributed by atoms with E-state index in [1.54, 1.807) is 4.68 Å². The van der Waals surface area contributed by atoms with E-state index in [9.17, 15) is 5.11 Å². The molecule has 1 aliphatic rings. The van der Waals surface area contributed by atoms with E-state index in [1.807, 2.05) is 27.0 Å². The Kier molecular flexibility index (Phi) is 3.63. The molecule has 1 aliphatic carbocycles. The van der Waals surface area contributed by atoms with Gasteiger partial charge in [-0.15, -0.1) is 0 Å². The van der Waals surface area contributed by atoms with E-state index in [-0.39, 0.29) is 18.6 Å². The zero-order chi connectivity index (χ0) is 15.1. The molecule has 2 N–H and O–H groups in total. The second-order valence-corrected chi connectivity index (χ2v) is 6.00. The molecule has 0 radical (unpaired) electrons. The molecule has 0 fully saturated rings. The molecule has 2 aromatic rings. The van der Waals surface area contributed by atoms with Gasteiger partial charge in [-0.3, -0.25) is 4.68 Å². The Hall–Kier alpha value is -1.59. The SMILES string of the molecule is Cc1c(N[C@@H]2C=C[C@H](CO)C2)nc2c(c(C)nn2C)c1Cl. The van der Waals surface area contributed by atoms with Crippen LogP contribution < -0.4 is 5.32 Å². The number of anilines is 1. The Morgan fingerprint density at radius 3 is 2.86 bits per heavy atom. The second kappa shape index (κ2) is 5.31. The molecule has 21 heavy (non-hydrogen) atoms. The van der Waals surface area contributed by atoms with Gasteiger partial charge in [-0.2, -0.15) is 5.10 Å². The fourth-order valence-corrected chi connectivity index (χ4v) is 3.16. The molecular formula is C15H19ClN4O. The monoisotopic (exact) mass is 306 g/mol. The van der Waals surface area contributed by atoms with E-state index in [2.05, 4.69) is 21.5 Å². The summed E-state index contributed by atoms with van der Waals surface area (Å²) < 4.78 is 1.75. The molecule has 0 unspecified atom stereocenters. The quantitative estimate of drug-likeness (QED) is 0.856. The minimum Gasteiger partial charge on any atom is -0.396 e. The molecule has 2 heterocycles. The summed E-state index contributed by atoms with van der Waals surface area (Å²) in [5, 5.41) is 18.6. The number of aliphatic hydroxyl groups is 1. The van der Waals surface area contributed by atoms with Crippen LogP contribution in [0.15, 0.2) is 12.2 Å². The second-order valence-electron chi connectivity index (χ2n) is 5.62. The predicted molar refractivity (Wildman–Crippen MR) is 84.7 cm³/mol. The summed E-state index contributed by atoms with van der Waals surface area (Å²) in [4.78, 5) is 4.68. The normalized spacial score (nSPS) is 21.4. The van der Waals surface area contributed by atoms with Gasteiger partial charge in [0, 0.05) is 31.2 Å². The molecule has 3 rings (SSSR count).